The summed E-state index contributed by atoms with van der Waals surface area (Å²) in [6, 6.07) is 0. The molecule has 1 aromatic rings. The van der Waals surface area contributed by atoms with E-state index >= 15 is 0 Å². The van der Waals surface area contributed by atoms with Crippen LogP contribution in [-0.2, 0) is 9.05 Å². The van der Waals surface area contributed by atoms with Crippen molar-refractivity contribution in [3.05, 3.63) is 6.20 Å². The fourth-order valence-corrected chi connectivity index (χ4v) is 1.80. The quantitative estimate of drug-likeness (QED) is 0.770. The zero-order valence-corrected chi connectivity index (χ0v) is 9.72. The summed E-state index contributed by atoms with van der Waals surface area (Å²) < 4.78 is 40.8. The number of rotatable bonds is 4. The van der Waals surface area contributed by atoms with Crippen molar-refractivity contribution in [2.45, 2.75) is 25.0 Å². The maximum Gasteiger partial charge on any atom is 0.268 e. The predicted octanol–water partition coefficient (Wildman–Crippen LogP) is 1.70. The zero-order valence-electron chi connectivity index (χ0n) is 8.15. The van der Waals surface area contributed by atoms with E-state index in [1.807, 2.05) is 0 Å². The van der Waals surface area contributed by atoms with Crippen LogP contribution in [0.1, 0.15) is 20.1 Å². The van der Waals surface area contributed by atoms with E-state index in [9.17, 15) is 12.8 Å². The average Bonchev–Trinajstić information content (AvgIpc) is 2.48. The third-order valence-electron chi connectivity index (χ3n) is 1.57. The van der Waals surface area contributed by atoms with Crippen molar-refractivity contribution in [3.63, 3.8) is 0 Å². The molecule has 0 bridgehead atoms. The first-order valence-corrected chi connectivity index (χ1v) is 6.48. The summed E-state index contributed by atoms with van der Waals surface area (Å²) in [4.78, 5) is -0.324. The highest BCUT2D eigenvalue weighted by atomic mass is 35.7. The summed E-state index contributed by atoms with van der Waals surface area (Å²) >= 11 is 0. The molecule has 1 aromatic heterocycles. The summed E-state index contributed by atoms with van der Waals surface area (Å²) in [6.45, 7) is 3.09. The van der Waals surface area contributed by atoms with Crippen molar-refractivity contribution in [2.24, 2.45) is 0 Å². The van der Waals surface area contributed by atoms with E-state index in [1.165, 1.54) is 6.92 Å². The Balaban J connectivity index is 3.24. The molecule has 0 spiro atoms. The molecule has 86 valence electrons. The normalized spacial score (nSPS) is 13.9. The highest BCUT2D eigenvalue weighted by molar-refractivity contribution is 8.13. The maximum atomic E-state index is 12.9. The van der Waals surface area contributed by atoms with Gasteiger partial charge in [0.25, 0.3) is 14.9 Å². The second-order valence-electron chi connectivity index (χ2n) is 2.72. The molecule has 1 rings (SSSR count). The summed E-state index contributed by atoms with van der Waals surface area (Å²) in [7, 11) is 1.16. The van der Waals surface area contributed by atoms with E-state index in [2.05, 4.69) is 5.10 Å². The Morgan fingerprint density at radius 2 is 2.33 bits per heavy atom. The minimum atomic E-state index is -3.97. The van der Waals surface area contributed by atoms with Crippen molar-refractivity contribution in [2.75, 3.05) is 6.61 Å². The van der Waals surface area contributed by atoms with Crippen LogP contribution in [0.3, 0.4) is 0 Å². The van der Waals surface area contributed by atoms with Gasteiger partial charge in [0.1, 0.15) is 0 Å². The van der Waals surface area contributed by atoms with Gasteiger partial charge in [-0.05, 0) is 13.8 Å². The minimum absolute atomic E-state index is 0.183. The van der Waals surface area contributed by atoms with Gasteiger partial charge in [-0.1, -0.05) is 0 Å². The predicted molar refractivity (Wildman–Crippen MR) is 52.3 cm³/mol. The molecule has 8 heteroatoms. The van der Waals surface area contributed by atoms with E-state index in [1.54, 1.807) is 6.92 Å². The molecule has 15 heavy (non-hydrogen) atoms. The largest absolute Gasteiger partial charge is 0.476 e. The number of hydrogen-bond acceptors (Lipinski definition) is 4. The van der Waals surface area contributed by atoms with Crippen molar-refractivity contribution < 1.29 is 17.5 Å². The topological polar surface area (TPSA) is 61.2 Å². The lowest BCUT2D eigenvalue weighted by atomic mass is 10.6. The highest BCUT2D eigenvalue weighted by Crippen LogP contribution is 2.26. The number of alkyl halides is 1. The van der Waals surface area contributed by atoms with E-state index in [4.69, 9.17) is 15.4 Å². The van der Waals surface area contributed by atoms with Crippen LogP contribution >= 0.6 is 10.7 Å². The molecule has 1 atom stereocenters. The fourth-order valence-electron chi connectivity index (χ4n) is 0.945. The van der Waals surface area contributed by atoms with Gasteiger partial charge < -0.3 is 4.74 Å². The minimum Gasteiger partial charge on any atom is -0.476 e. The third kappa shape index (κ3) is 2.82. The molecule has 0 radical (unpaired) electrons. The Hall–Kier alpha value is -0.820. The highest BCUT2D eigenvalue weighted by Gasteiger charge is 2.23. The van der Waals surface area contributed by atoms with Crippen molar-refractivity contribution in [1.82, 2.24) is 9.78 Å². The van der Waals surface area contributed by atoms with E-state index < -0.39 is 15.3 Å². The fraction of sp³-hybridized carbons (Fsp3) is 0.571. The lowest BCUT2D eigenvalue weighted by Crippen LogP contribution is -2.00. The average molecular weight is 257 g/mol. The first-order valence-electron chi connectivity index (χ1n) is 4.17. The molecule has 0 amide bonds. The van der Waals surface area contributed by atoms with Crippen molar-refractivity contribution in [3.8, 4) is 5.88 Å². The van der Waals surface area contributed by atoms with Gasteiger partial charge >= 0.3 is 0 Å². The first kappa shape index (κ1) is 12.3. The molecule has 5 nitrogen and oxygen atoms in total. The van der Waals surface area contributed by atoms with Crippen molar-refractivity contribution in [1.29, 1.82) is 0 Å². The Labute approximate surface area is 91.2 Å². The van der Waals surface area contributed by atoms with Crippen LogP contribution in [0.15, 0.2) is 11.1 Å². The van der Waals surface area contributed by atoms with Crippen LogP contribution in [0.2, 0.25) is 0 Å². The van der Waals surface area contributed by atoms with Gasteiger partial charge in [0, 0.05) is 10.7 Å². The molecule has 0 saturated carbocycles. The van der Waals surface area contributed by atoms with Crippen LogP contribution in [0.5, 0.6) is 5.88 Å². The number of halogens is 2. The molecule has 0 fully saturated rings. The van der Waals surface area contributed by atoms with Crippen LogP contribution in [-0.4, -0.2) is 24.8 Å². The van der Waals surface area contributed by atoms with Crippen LogP contribution < -0.4 is 4.74 Å². The molecule has 0 N–H and O–H groups in total. The Morgan fingerprint density at radius 1 is 1.73 bits per heavy atom. The number of ether oxygens (including phenoxy) is 1. The van der Waals surface area contributed by atoms with Gasteiger partial charge in [-0.3, -0.25) is 0 Å². The smallest absolute Gasteiger partial charge is 0.268 e. The molecule has 0 saturated heterocycles. The molecule has 0 aromatic carbocycles. The van der Waals surface area contributed by atoms with Crippen LogP contribution in [0, 0.1) is 0 Å². The van der Waals surface area contributed by atoms with Gasteiger partial charge in [-0.15, -0.1) is 5.10 Å². The van der Waals surface area contributed by atoms with E-state index in [0.29, 0.717) is 0 Å². The standard InChI is InChI=1S/C7H10ClFN2O3S/c1-3-14-7-6(15(8,12)13)4-11(10-7)5(2)9/h4-5H,3H2,1-2H3. The monoisotopic (exact) mass is 256 g/mol. The van der Waals surface area contributed by atoms with Gasteiger partial charge in [0.15, 0.2) is 11.2 Å². The lowest BCUT2D eigenvalue weighted by molar-refractivity contribution is 0.235. The van der Waals surface area contributed by atoms with E-state index in [0.717, 1.165) is 10.9 Å². The lowest BCUT2D eigenvalue weighted by Gasteiger charge is -2.00. The molecular formula is C7H10ClFN2O3S. The van der Waals surface area contributed by atoms with Crippen molar-refractivity contribution >= 4 is 19.7 Å². The van der Waals surface area contributed by atoms with Crippen LogP contribution in [0.4, 0.5) is 4.39 Å². The Morgan fingerprint density at radius 3 is 2.73 bits per heavy atom. The maximum absolute atomic E-state index is 12.9. The zero-order chi connectivity index (χ0) is 11.6. The summed E-state index contributed by atoms with van der Waals surface area (Å²) in [5.41, 5.74) is 0. The first-order chi connectivity index (χ1) is 6.86. The Kier molecular flexibility index (Phi) is 3.56. The molecule has 0 aliphatic carbocycles. The molecule has 0 aliphatic rings. The third-order valence-corrected chi connectivity index (χ3v) is 2.88. The second-order valence-corrected chi connectivity index (χ2v) is 5.26. The summed E-state index contributed by atoms with van der Waals surface area (Å²) in [6.07, 6.45) is -0.450. The number of aromatic nitrogens is 2. The second kappa shape index (κ2) is 4.36. The molecule has 0 aliphatic heterocycles. The summed E-state index contributed by atoms with van der Waals surface area (Å²) in [5, 5.41) is 3.62. The Bertz CT molecular complexity index is 443. The van der Waals surface area contributed by atoms with Gasteiger partial charge in [0.2, 0.25) is 0 Å². The van der Waals surface area contributed by atoms with Crippen LogP contribution in [0.25, 0.3) is 0 Å². The number of hydrogen-bond donors (Lipinski definition) is 0. The molecule has 1 unspecified atom stereocenters. The van der Waals surface area contributed by atoms with Gasteiger partial charge in [-0.25, -0.2) is 17.5 Å². The molecular weight excluding hydrogens is 247 g/mol. The molecule has 1 heterocycles. The SMILES string of the molecule is CCOc1nn(C(C)F)cc1S(=O)(=O)Cl. The van der Waals surface area contributed by atoms with Gasteiger partial charge in [0.05, 0.1) is 12.8 Å². The number of nitrogens with zero attached hydrogens (tertiary/aromatic N) is 2. The van der Waals surface area contributed by atoms with E-state index in [-0.39, 0.29) is 17.4 Å². The summed E-state index contributed by atoms with van der Waals surface area (Å²) in [5.74, 6) is -0.183. The van der Waals surface area contributed by atoms with Gasteiger partial charge in [-0.2, -0.15) is 0 Å².